The van der Waals surface area contributed by atoms with E-state index in [-0.39, 0.29) is 22.9 Å². The van der Waals surface area contributed by atoms with Crippen LogP contribution in [-0.4, -0.2) is 65.0 Å². The van der Waals surface area contributed by atoms with Gasteiger partial charge >= 0.3 is 0 Å². The molecule has 0 aliphatic carbocycles. The van der Waals surface area contributed by atoms with Gasteiger partial charge in [-0.1, -0.05) is 12.1 Å². The molecular formula is C12H18N3O6S2-. The van der Waals surface area contributed by atoms with Crippen molar-refractivity contribution in [1.29, 1.82) is 0 Å². The van der Waals surface area contributed by atoms with Crippen molar-refractivity contribution in [1.82, 2.24) is 9.62 Å². The number of nitrogens with zero attached hydrogens (tertiary/aromatic N) is 2. The second kappa shape index (κ2) is 7.11. The molecule has 0 radical (unpaired) electrons. The van der Waals surface area contributed by atoms with Crippen LogP contribution in [0.2, 0.25) is 0 Å². The van der Waals surface area contributed by atoms with E-state index >= 15 is 0 Å². The minimum Gasteiger partial charge on any atom is -0.768 e. The van der Waals surface area contributed by atoms with Gasteiger partial charge in [0.2, 0.25) is 10.0 Å². The van der Waals surface area contributed by atoms with E-state index in [2.05, 4.69) is 4.72 Å². The lowest BCUT2D eigenvalue weighted by atomic mass is 10.3. The zero-order valence-electron chi connectivity index (χ0n) is 12.3. The Labute approximate surface area is 135 Å². The molecule has 2 rings (SSSR count). The van der Waals surface area contributed by atoms with Gasteiger partial charge in [0.15, 0.2) is 4.90 Å². The lowest BCUT2D eigenvalue weighted by Crippen LogP contribution is -2.42. The summed E-state index contributed by atoms with van der Waals surface area (Å²) in [6.07, 6.45) is 0. The summed E-state index contributed by atoms with van der Waals surface area (Å²) in [5.74, 6) is 0.341. The second-order valence-electron chi connectivity index (χ2n) is 5.15. The number of nitro groups is 1. The lowest BCUT2D eigenvalue weighted by Gasteiger charge is -2.51. The molecule has 0 aromatic heterocycles. The highest BCUT2D eigenvalue weighted by Crippen LogP contribution is 2.39. The van der Waals surface area contributed by atoms with Crippen molar-refractivity contribution in [2.75, 3.05) is 37.7 Å². The third kappa shape index (κ3) is 4.86. The molecule has 11 heteroatoms. The molecule has 1 aromatic carbocycles. The zero-order chi connectivity index (χ0) is 17.1. The van der Waals surface area contributed by atoms with Crippen molar-refractivity contribution in [3.05, 3.63) is 34.4 Å². The molecular weight excluding hydrogens is 346 g/mol. The van der Waals surface area contributed by atoms with Crippen LogP contribution in [-0.2, 0) is 10.0 Å². The summed E-state index contributed by atoms with van der Waals surface area (Å²) in [5, 5.41) is 10.9. The van der Waals surface area contributed by atoms with Gasteiger partial charge in [-0.3, -0.25) is 15.0 Å². The minimum absolute atomic E-state index is 0.0704. The Morgan fingerprint density at radius 2 is 1.91 bits per heavy atom. The predicted molar refractivity (Wildman–Crippen MR) is 85.5 cm³/mol. The number of nitro benzene ring substituents is 1. The van der Waals surface area contributed by atoms with Gasteiger partial charge < -0.3 is 19.7 Å². The van der Waals surface area contributed by atoms with Crippen molar-refractivity contribution in [3.63, 3.8) is 0 Å². The molecule has 1 aliphatic heterocycles. The van der Waals surface area contributed by atoms with Crippen LogP contribution in [0.1, 0.15) is 0 Å². The monoisotopic (exact) mass is 364 g/mol. The maximum Gasteiger partial charge on any atom is 0.289 e. The molecule has 1 aromatic rings. The maximum absolute atomic E-state index is 12.2. The van der Waals surface area contributed by atoms with E-state index in [0.717, 1.165) is 6.07 Å². The number of rotatable bonds is 6. The molecule has 1 fully saturated rings. The average Bonchev–Trinajstić information content (AvgIpc) is 2.49. The third-order valence-corrected chi connectivity index (χ3v) is 6.67. The second-order valence-corrected chi connectivity index (χ2v) is 9.24. The highest BCUT2D eigenvalue weighted by atomic mass is 32.3. The first-order chi connectivity index (χ1) is 10.7. The summed E-state index contributed by atoms with van der Waals surface area (Å²) in [7, 11) is -6.72. The summed E-state index contributed by atoms with van der Waals surface area (Å²) in [6.45, 7) is 1.28. The molecule has 2 N–H and O–H groups in total. The topological polar surface area (TPSA) is 136 Å². The molecule has 1 saturated heterocycles. The van der Waals surface area contributed by atoms with Crippen LogP contribution >= 0.6 is 10.6 Å². The summed E-state index contributed by atoms with van der Waals surface area (Å²) >= 11 is 0. The number of benzene rings is 1. The van der Waals surface area contributed by atoms with Gasteiger partial charge in [-0.05, 0) is 6.07 Å². The van der Waals surface area contributed by atoms with Gasteiger partial charge in [-0.2, -0.15) is 0 Å². The first kappa shape index (κ1) is 18.1. The molecule has 23 heavy (non-hydrogen) atoms. The normalized spacial score (nSPS) is 20.1. The Morgan fingerprint density at radius 3 is 2.52 bits per heavy atom. The first-order valence-electron chi connectivity index (χ1n) is 6.89. The standard InChI is InChI=1S/C12H19N3O6S2/c16-15(17)11-3-1-2-4-12(11)23(20,21)13-5-6-14-7-9-22(18,19)10-8-14/h1-4,13,18-19H,5-10H2/p-1. The predicted octanol–water partition coefficient (Wildman–Crippen LogP) is 0.597. The van der Waals surface area contributed by atoms with E-state index in [1.54, 1.807) is 0 Å². The molecule has 9 nitrogen and oxygen atoms in total. The van der Waals surface area contributed by atoms with Crippen LogP contribution < -0.4 is 4.72 Å². The van der Waals surface area contributed by atoms with E-state index in [1.165, 1.54) is 18.2 Å². The molecule has 0 bridgehead atoms. The first-order valence-corrected chi connectivity index (χ1v) is 10.2. The third-order valence-electron chi connectivity index (χ3n) is 3.52. The van der Waals surface area contributed by atoms with Gasteiger partial charge in [-0.25, -0.2) is 13.1 Å². The van der Waals surface area contributed by atoms with Crippen LogP contribution in [0.5, 0.6) is 0 Å². The highest BCUT2D eigenvalue weighted by molar-refractivity contribution is 8.24. The van der Waals surface area contributed by atoms with Crippen molar-refractivity contribution in [2.24, 2.45) is 0 Å². The number of para-hydroxylation sites is 1. The van der Waals surface area contributed by atoms with Crippen molar-refractivity contribution in [3.8, 4) is 0 Å². The number of nitrogens with one attached hydrogen (secondary N) is 1. The fourth-order valence-corrected chi connectivity index (χ4v) is 4.71. The van der Waals surface area contributed by atoms with Gasteiger partial charge in [0, 0.05) is 43.8 Å². The molecule has 0 amide bonds. The fraction of sp³-hybridized carbons (Fsp3) is 0.500. The van der Waals surface area contributed by atoms with Crippen molar-refractivity contribution in [2.45, 2.75) is 4.90 Å². The smallest absolute Gasteiger partial charge is 0.289 e. The van der Waals surface area contributed by atoms with Crippen LogP contribution in [0, 0.1) is 10.1 Å². The lowest BCUT2D eigenvalue weighted by molar-refractivity contribution is -0.387. The molecule has 0 unspecified atom stereocenters. The SMILES string of the molecule is O=[N+]([O-])c1ccccc1S(=O)(=O)NCCN1CCS([O-])(O)CC1. The van der Waals surface area contributed by atoms with E-state index in [0.29, 0.717) is 19.6 Å². The Morgan fingerprint density at radius 1 is 1.30 bits per heavy atom. The van der Waals surface area contributed by atoms with Crippen molar-refractivity contribution < 1.29 is 22.4 Å². The average molecular weight is 364 g/mol. The summed E-state index contributed by atoms with van der Waals surface area (Å²) < 4.78 is 47.5. The van der Waals surface area contributed by atoms with Crippen LogP contribution in [0.15, 0.2) is 29.2 Å². The molecule has 0 saturated carbocycles. The number of hydrogen-bond acceptors (Lipinski definition) is 7. The summed E-state index contributed by atoms with van der Waals surface area (Å²) in [5.41, 5.74) is -0.474. The van der Waals surface area contributed by atoms with Gasteiger partial charge in [0.1, 0.15) is 0 Å². The quantitative estimate of drug-likeness (QED) is 0.557. The molecule has 1 aliphatic rings. The Balaban J connectivity index is 1.94. The van der Waals surface area contributed by atoms with E-state index in [1.807, 2.05) is 4.90 Å². The molecule has 0 spiro atoms. The Bertz CT molecular complexity index is 669. The maximum atomic E-state index is 12.2. The van der Waals surface area contributed by atoms with E-state index in [9.17, 15) is 27.6 Å². The number of sulfonamides is 1. The van der Waals surface area contributed by atoms with E-state index in [4.69, 9.17) is 0 Å². The van der Waals surface area contributed by atoms with Crippen LogP contribution in [0.3, 0.4) is 0 Å². The molecule has 130 valence electrons. The molecule has 0 atom stereocenters. The number of hydrogen-bond donors (Lipinski definition) is 2. The largest absolute Gasteiger partial charge is 0.768 e. The minimum atomic E-state index is -3.98. The van der Waals surface area contributed by atoms with E-state index < -0.39 is 31.2 Å². The van der Waals surface area contributed by atoms with Gasteiger partial charge in [-0.15, -0.1) is 0 Å². The Hall–Kier alpha value is -1.24. The van der Waals surface area contributed by atoms with Crippen LogP contribution in [0.25, 0.3) is 0 Å². The van der Waals surface area contributed by atoms with Crippen molar-refractivity contribution >= 4 is 26.3 Å². The highest BCUT2D eigenvalue weighted by Gasteiger charge is 2.25. The van der Waals surface area contributed by atoms with Gasteiger partial charge in [0.05, 0.1) is 4.92 Å². The molecule has 1 heterocycles. The summed E-state index contributed by atoms with van der Waals surface area (Å²) in [4.78, 5) is 11.7. The van der Waals surface area contributed by atoms with Gasteiger partial charge in [0.25, 0.3) is 5.69 Å². The summed E-state index contributed by atoms with van der Waals surface area (Å²) in [6, 6.07) is 5.14. The Kier molecular flexibility index (Phi) is 5.60. The van der Waals surface area contributed by atoms with Crippen LogP contribution in [0.4, 0.5) is 5.69 Å². The fourth-order valence-electron chi connectivity index (χ4n) is 2.23. The zero-order valence-corrected chi connectivity index (χ0v) is 13.9.